The van der Waals surface area contributed by atoms with Crippen LogP contribution in [-0.4, -0.2) is 54.7 Å². The molecule has 3 fully saturated rings. The van der Waals surface area contributed by atoms with E-state index in [9.17, 15) is 43.7 Å². The Labute approximate surface area is 292 Å². The second kappa shape index (κ2) is 10.9. The van der Waals surface area contributed by atoms with E-state index in [0.717, 1.165) is 34.1 Å². The molecule has 10 nitrogen and oxygen atoms in total. The van der Waals surface area contributed by atoms with Crippen molar-refractivity contribution < 1.29 is 43.7 Å². The number of hydrogen-bond acceptors (Lipinski definition) is 7. The van der Waals surface area contributed by atoms with Gasteiger partial charge in [-0.25, -0.2) is 19.0 Å². The molecule has 0 radical (unpaired) electrons. The Kier molecular flexibility index (Phi) is 6.95. The number of carbonyl (C=O) groups is 5. The molecule has 4 amide bonds. The molecule has 0 bridgehead atoms. The van der Waals surface area contributed by atoms with Crippen LogP contribution in [-0.2, 0) is 19.2 Å². The molecule has 3 N–H and O–H groups in total. The number of hydrogen-bond donors (Lipinski definition) is 3. The average molecular weight is 716 g/mol. The highest BCUT2D eigenvalue weighted by atomic mass is 35.5. The summed E-state index contributed by atoms with van der Waals surface area (Å²) >= 11 is 14.9. The first-order valence-electron chi connectivity index (χ1n) is 15.7. The fourth-order valence-electron chi connectivity index (χ4n) is 8.40. The smallest absolute Gasteiger partial charge is 0.339 e. The van der Waals surface area contributed by atoms with Crippen molar-refractivity contribution >= 4 is 74.9 Å². The van der Waals surface area contributed by atoms with E-state index in [2.05, 4.69) is 0 Å². The molecule has 4 aromatic rings. The summed E-state index contributed by atoms with van der Waals surface area (Å²) in [4.78, 5) is 66.1. The Bertz CT molecular complexity index is 2260. The van der Waals surface area contributed by atoms with Gasteiger partial charge in [-0.15, -0.1) is 23.2 Å². The number of phenols is 2. The summed E-state index contributed by atoms with van der Waals surface area (Å²) in [5.41, 5.74) is 0.214. The third-order valence-corrected chi connectivity index (χ3v) is 12.0. The van der Waals surface area contributed by atoms with Crippen LogP contribution in [0.4, 0.5) is 15.8 Å². The van der Waals surface area contributed by atoms with Gasteiger partial charge in [-0.05, 0) is 72.0 Å². The molecule has 2 aliphatic heterocycles. The second-order valence-electron chi connectivity index (χ2n) is 13.0. The zero-order valence-electron chi connectivity index (χ0n) is 25.7. The molecule has 0 aromatic heterocycles. The molecule has 1 saturated carbocycles. The van der Waals surface area contributed by atoms with Crippen molar-refractivity contribution in [3.8, 4) is 11.5 Å². The van der Waals surface area contributed by atoms with Gasteiger partial charge in [-0.3, -0.25) is 19.2 Å². The number of aromatic hydroxyl groups is 2. The lowest BCUT2D eigenvalue weighted by molar-refractivity contribution is -0.125. The number of carboxylic acids is 1. The first kappa shape index (κ1) is 32.0. The van der Waals surface area contributed by atoms with Crippen molar-refractivity contribution in [2.75, 3.05) is 9.80 Å². The van der Waals surface area contributed by atoms with Crippen molar-refractivity contribution in [2.45, 2.75) is 28.5 Å². The molecule has 2 saturated heterocycles. The zero-order valence-corrected chi connectivity index (χ0v) is 27.2. The van der Waals surface area contributed by atoms with E-state index < -0.39 is 80.1 Å². The first-order chi connectivity index (χ1) is 23.8. The minimum absolute atomic E-state index is 0.0227. The first-order valence-corrected chi connectivity index (χ1v) is 16.4. The number of rotatable bonds is 4. The van der Waals surface area contributed by atoms with E-state index in [1.807, 2.05) is 0 Å². The van der Waals surface area contributed by atoms with Gasteiger partial charge in [0.25, 0.3) is 11.8 Å². The summed E-state index contributed by atoms with van der Waals surface area (Å²) in [6.07, 6.45) is 1.41. The van der Waals surface area contributed by atoms with Gasteiger partial charge < -0.3 is 15.3 Å². The third-order valence-electron chi connectivity index (χ3n) is 10.6. The number of carbonyl (C=O) groups excluding carboxylic acids is 4. The molecule has 13 heteroatoms. The summed E-state index contributed by atoms with van der Waals surface area (Å²) in [6, 6.07) is 18.2. The summed E-state index contributed by atoms with van der Waals surface area (Å²) in [7, 11) is 0. The molecular formula is C37H25Cl2FN2O8. The molecule has 4 aromatic carbocycles. The number of alkyl halides is 2. The summed E-state index contributed by atoms with van der Waals surface area (Å²) in [5, 5.41) is 32.5. The van der Waals surface area contributed by atoms with E-state index in [-0.39, 0.29) is 35.5 Å². The Morgan fingerprint density at radius 2 is 1.50 bits per heavy atom. The highest BCUT2D eigenvalue weighted by Crippen LogP contribution is 2.67. The topological polar surface area (TPSA) is 153 Å². The zero-order chi connectivity index (χ0) is 35.4. The molecule has 6 unspecified atom stereocenters. The molecule has 50 heavy (non-hydrogen) atoms. The summed E-state index contributed by atoms with van der Waals surface area (Å²) in [6.45, 7) is 0. The lowest BCUT2D eigenvalue weighted by Crippen LogP contribution is -2.60. The van der Waals surface area contributed by atoms with Crippen molar-refractivity contribution in [1.82, 2.24) is 0 Å². The van der Waals surface area contributed by atoms with Crippen LogP contribution in [0.25, 0.3) is 10.8 Å². The molecule has 0 spiro atoms. The van der Waals surface area contributed by atoms with Crippen molar-refractivity contribution in [3.63, 3.8) is 0 Å². The average Bonchev–Trinajstić information content (AvgIpc) is 3.43. The maximum absolute atomic E-state index is 14.6. The molecule has 2 aliphatic carbocycles. The fraction of sp³-hybridized carbons (Fsp3) is 0.216. The SMILES string of the molecule is O=C(O)c1ccc(N2C(=O)C3CC=C4C(CC5(Cl)C(=O)N(c6ccc(F)cc6)C(=O)C5(Cl)C4c4c(O)ccc5ccccc45)C3C2=O)cc1O. The van der Waals surface area contributed by atoms with Gasteiger partial charge in [-0.2, -0.15) is 0 Å². The number of imide groups is 2. The minimum Gasteiger partial charge on any atom is -0.508 e. The van der Waals surface area contributed by atoms with Gasteiger partial charge in [0.1, 0.15) is 22.9 Å². The van der Waals surface area contributed by atoms with E-state index in [0.29, 0.717) is 16.3 Å². The van der Waals surface area contributed by atoms with Gasteiger partial charge in [0.2, 0.25) is 11.8 Å². The van der Waals surface area contributed by atoms with Crippen molar-refractivity contribution in [1.29, 1.82) is 0 Å². The minimum atomic E-state index is -2.25. The Hall–Kier alpha value is -5.26. The Morgan fingerprint density at radius 1 is 0.800 bits per heavy atom. The van der Waals surface area contributed by atoms with E-state index in [4.69, 9.17) is 23.2 Å². The maximum Gasteiger partial charge on any atom is 0.339 e. The maximum atomic E-state index is 14.6. The molecule has 2 heterocycles. The number of amides is 4. The number of benzene rings is 4. The van der Waals surface area contributed by atoms with Crippen LogP contribution in [0.5, 0.6) is 11.5 Å². The van der Waals surface area contributed by atoms with Gasteiger partial charge in [0.15, 0.2) is 9.75 Å². The molecular weight excluding hydrogens is 690 g/mol. The lowest BCUT2D eigenvalue weighted by Gasteiger charge is -2.51. The van der Waals surface area contributed by atoms with Crippen LogP contribution >= 0.6 is 23.2 Å². The van der Waals surface area contributed by atoms with Crippen LogP contribution in [0.15, 0.2) is 90.5 Å². The van der Waals surface area contributed by atoms with Crippen LogP contribution in [0.3, 0.4) is 0 Å². The number of nitrogens with zero attached hydrogens (tertiary/aromatic N) is 2. The van der Waals surface area contributed by atoms with Crippen molar-refractivity contribution in [3.05, 3.63) is 107 Å². The number of phenolic OH excluding ortho intramolecular Hbond substituents is 1. The third kappa shape index (κ3) is 4.10. The standard InChI is InChI=1S/C37H25Cl2FN2O8/c38-36-16-25-22(12-13-24-28(25)32(46)41(31(24)45)20-10-11-23(33(47)48)27(44)15-20)30(29-21-4-2-1-3-17(21)5-14-26(29)43)37(36,39)35(50)42(34(36)49)19-8-6-18(40)7-9-19/h1-12,14-15,24-25,28,30,43-44H,13,16H2,(H,47,48). The van der Waals surface area contributed by atoms with Crippen LogP contribution in [0.2, 0.25) is 0 Å². The second-order valence-corrected chi connectivity index (χ2v) is 14.2. The van der Waals surface area contributed by atoms with Gasteiger partial charge in [-0.1, -0.05) is 42.0 Å². The van der Waals surface area contributed by atoms with E-state index >= 15 is 0 Å². The fourth-order valence-corrected chi connectivity index (χ4v) is 9.32. The highest BCUT2D eigenvalue weighted by Gasteiger charge is 2.77. The van der Waals surface area contributed by atoms with Crippen LogP contribution in [0.1, 0.15) is 34.7 Å². The van der Waals surface area contributed by atoms with E-state index in [1.54, 1.807) is 36.4 Å². The van der Waals surface area contributed by atoms with Crippen LogP contribution in [0, 0.1) is 23.6 Å². The summed E-state index contributed by atoms with van der Waals surface area (Å²) in [5.74, 6) is -10.2. The quantitative estimate of drug-likeness (QED) is 0.135. The Balaban J connectivity index is 1.32. The number of anilines is 2. The molecule has 252 valence electrons. The van der Waals surface area contributed by atoms with Crippen LogP contribution < -0.4 is 9.80 Å². The monoisotopic (exact) mass is 714 g/mol. The molecule has 6 atom stereocenters. The normalized spacial score (nSPS) is 28.8. The Morgan fingerprint density at radius 3 is 2.20 bits per heavy atom. The molecule has 8 rings (SSSR count). The predicted molar refractivity (Wildman–Crippen MR) is 180 cm³/mol. The lowest BCUT2D eigenvalue weighted by atomic mass is 9.56. The predicted octanol–water partition coefficient (Wildman–Crippen LogP) is 5.86. The molecule has 4 aliphatic rings. The largest absolute Gasteiger partial charge is 0.508 e. The van der Waals surface area contributed by atoms with Gasteiger partial charge in [0, 0.05) is 17.5 Å². The number of allylic oxidation sites excluding steroid dienone is 2. The van der Waals surface area contributed by atoms with E-state index in [1.165, 1.54) is 24.3 Å². The number of aromatic carboxylic acids is 1. The van der Waals surface area contributed by atoms with Gasteiger partial charge in [0.05, 0.1) is 23.2 Å². The number of fused-ring (bicyclic) bond motifs is 5. The van der Waals surface area contributed by atoms with Crippen molar-refractivity contribution in [2.24, 2.45) is 17.8 Å². The number of halogens is 3. The van der Waals surface area contributed by atoms with Gasteiger partial charge >= 0.3 is 5.97 Å². The number of carboxylic acid groups (broad SMARTS) is 1. The highest BCUT2D eigenvalue weighted by molar-refractivity contribution is 6.58. The summed E-state index contributed by atoms with van der Waals surface area (Å²) < 4.78 is 13.9.